The Morgan fingerprint density at radius 3 is 3.00 bits per heavy atom. The molecule has 0 atom stereocenters. The molecule has 0 fully saturated rings. The molecule has 1 aliphatic heterocycles. The zero-order valence-corrected chi connectivity index (χ0v) is 8.29. The number of primary amides is 1. The summed E-state index contributed by atoms with van der Waals surface area (Å²) in [4.78, 5) is 12.8. The molecule has 3 nitrogen and oxygen atoms in total. The quantitative estimate of drug-likeness (QED) is 0.666. The van der Waals surface area contributed by atoms with E-state index in [9.17, 15) is 4.79 Å². The van der Waals surface area contributed by atoms with E-state index < -0.39 is 0 Å². The number of benzene rings is 1. The fraction of sp³-hybridized carbons (Fsp3) is 0.364. The fourth-order valence-electron chi connectivity index (χ4n) is 1.91. The van der Waals surface area contributed by atoms with E-state index in [1.54, 1.807) is 4.90 Å². The van der Waals surface area contributed by atoms with Crippen LogP contribution in [0.4, 0.5) is 10.5 Å². The summed E-state index contributed by atoms with van der Waals surface area (Å²) in [6, 6.07) is 5.83. The minimum absolute atomic E-state index is 0.350. The Balaban J connectivity index is 2.46. The number of nitrogens with zero attached hydrogens (tertiary/aromatic N) is 1. The zero-order chi connectivity index (χ0) is 10.1. The average molecular weight is 190 g/mol. The maximum absolute atomic E-state index is 11.2. The first kappa shape index (κ1) is 9.06. The molecule has 2 N–H and O–H groups in total. The molecule has 0 saturated heterocycles. The first-order chi connectivity index (χ1) is 6.68. The number of hydrogen-bond donors (Lipinski definition) is 1. The second kappa shape index (κ2) is 3.33. The lowest BCUT2D eigenvalue weighted by atomic mass is 10.0. The lowest BCUT2D eigenvalue weighted by Crippen LogP contribution is -2.39. The van der Waals surface area contributed by atoms with Crippen LogP contribution in [0.15, 0.2) is 18.2 Å². The summed E-state index contributed by atoms with van der Waals surface area (Å²) in [6.45, 7) is 2.76. The van der Waals surface area contributed by atoms with E-state index in [1.165, 1.54) is 5.56 Å². The van der Waals surface area contributed by atoms with Gasteiger partial charge < -0.3 is 5.73 Å². The van der Waals surface area contributed by atoms with Gasteiger partial charge in [0.15, 0.2) is 0 Å². The van der Waals surface area contributed by atoms with Gasteiger partial charge in [0.05, 0.1) is 0 Å². The Bertz CT molecular complexity index is 374. The molecule has 0 spiro atoms. The number of nitrogens with two attached hydrogens (primary N) is 1. The zero-order valence-electron chi connectivity index (χ0n) is 8.29. The topological polar surface area (TPSA) is 46.3 Å². The second-order valence-corrected chi connectivity index (χ2v) is 3.73. The molecule has 2 rings (SSSR count). The van der Waals surface area contributed by atoms with Crippen LogP contribution in [0.3, 0.4) is 0 Å². The van der Waals surface area contributed by atoms with E-state index in [0.717, 1.165) is 30.6 Å². The number of rotatable bonds is 0. The van der Waals surface area contributed by atoms with Gasteiger partial charge in [-0.3, -0.25) is 4.90 Å². The molecular formula is C11H14N2O. The Morgan fingerprint density at radius 2 is 2.29 bits per heavy atom. The largest absolute Gasteiger partial charge is 0.351 e. The van der Waals surface area contributed by atoms with Crippen LogP contribution in [0, 0.1) is 6.92 Å². The summed E-state index contributed by atoms with van der Waals surface area (Å²) in [5, 5.41) is 0. The van der Waals surface area contributed by atoms with Gasteiger partial charge >= 0.3 is 6.03 Å². The van der Waals surface area contributed by atoms with Crippen LogP contribution in [0.1, 0.15) is 17.5 Å². The van der Waals surface area contributed by atoms with Crippen molar-refractivity contribution in [1.29, 1.82) is 0 Å². The number of carbonyl (C=O) groups is 1. The molecule has 0 saturated carbocycles. The van der Waals surface area contributed by atoms with Crippen molar-refractivity contribution < 1.29 is 4.79 Å². The number of fused-ring (bicyclic) bond motifs is 1. The summed E-state index contributed by atoms with van der Waals surface area (Å²) >= 11 is 0. The number of anilines is 1. The van der Waals surface area contributed by atoms with Gasteiger partial charge in [0.2, 0.25) is 0 Å². The fourth-order valence-corrected chi connectivity index (χ4v) is 1.91. The van der Waals surface area contributed by atoms with E-state index in [2.05, 4.69) is 12.1 Å². The van der Waals surface area contributed by atoms with E-state index in [0.29, 0.717) is 0 Å². The molecular weight excluding hydrogens is 176 g/mol. The van der Waals surface area contributed by atoms with Gasteiger partial charge in [-0.1, -0.05) is 12.1 Å². The van der Waals surface area contributed by atoms with Crippen molar-refractivity contribution in [2.45, 2.75) is 19.8 Å². The average Bonchev–Trinajstić information content (AvgIpc) is 2.16. The maximum atomic E-state index is 11.2. The molecule has 0 aromatic heterocycles. The molecule has 2 amide bonds. The molecule has 0 unspecified atom stereocenters. The number of urea groups is 1. The summed E-state index contributed by atoms with van der Waals surface area (Å²) in [7, 11) is 0. The molecule has 1 aromatic carbocycles. The van der Waals surface area contributed by atoms with Gasteiger partial charge in [0.25, 0.3) is 0 Å². The smallest absolute Gasteiger partial charge is 0.319 e. The Hall–Kier alpha value is -1.51. The number of carbonyl (C=O) groups excluding carboxylic acids is 1. The van der Waals surface area contributed by atoms with Crippen LogP contribution < -0.4 is 10.6 Å². The van der Waals surface area contributed by atoms with Crippen LogP contribution in [-0.2, 0) is 6.42 Å². The molecule has 0 radical (unpaired) electrons. The van der Waals surface area contributed by atoms with Gasteiger partial charge in [-0.25, -0.2) is 4.79 Å². The third kappa shape index (κ3) is 1.45. The monoisotopic (exact) mass is 190 g/mol. The van der Waals surface area contributed by atoms with Gasteiger partial charge in [0, 0.05) is 12.2 Å². The van der Waals surface area contributed by atoms with Crippen LogP contribution in [0.5, 0.6) is 0 Å². The van der Waals surface area contributed by atoms with Gasteiger partial charge in [-0.05, 0) is 37.0 Å². The first-order valence-electron chi connectivity index (χ1n) is 4.85. The minimum Gasteiger partial charge on any atom is -0.351 e. The number of hydrogen-bond acceptors (Lipinski definition) is 1. The van der Waals surface area contributed by atoms with Crippen molar-refractivity contribution >= 4 is 11.7 Å². The van der Waals surface area contributed by atoms with Crippen molar-refractivity contribution in [3.8, 4) is 0 Å². The molecule has 3 heteroatoms. The molecule has 1 aliphatic rings. The van der Waals surface area contributed by atoms with E-state index in [4.69, 9.17) is 5.73 Å². The van der Waals surface area contributed by atoms with Crippen molar-refractivity contribution in [3.63, 3.8) is 0 Å². The number of amides is 2. The van der Waals surface area contributed by atoms with Crippen LogP contribution in [0.25, 0.3) is 0 Å². The normalized spacial score (nSPS) is 15.1. The summed E-state index contributed by atoms with van der Waals surface area (Å²) < 4.78 is 0. The van der Waals surface area contributed by atoms with E-state index in [1.807, 2.05) is 13.0 Å². The standard InChI is InChI=1S/C11H14N2O/c1-8-4-5-9-3-2-6-13(11(12)14)10(9)7-8/h4-5,7H,2-3,6H2,1H3,(H2,12,14). The van der Waals surface area contributed by atoms with Crippen molar-refractivity contribution in [2.24, 2.45) is 5.73 Å². The highest BCUT2D eigenvalue weighted by Crippen LogP contribution is 2.27. The highest BCUT2D eigenvalue weighted by Gasteiger charge is 2.19. The molecule has 1 heterocycles. The first-order valence-corrected chi connectivity index (χ1v) is 4.85. The summed E-state index contributed by atoms with van der Waals surface area (Å²) in [6.07, 6.45) is 2.04. The third-order valence-corrected chi connectivity index (χ3v) is 2.63. The van der Waals surface area contributed by atoms with Crippen LogP contribution in [-0.4, -0.2) is 12.6 Å². The lowest BCUT2D eigenvalue weighted by Gasteiger charge is -2.28. The predicted octanol–water partition coefficient (Wildman–Crippen LogP) is 1.83. The molecule has 74 valence electrons. The third-order valence-electron chi connectivity index (χ3n) is 2.63. The summed E-state index contributed by atoms with van der Waals surface area (Å²) in [5.41, 5.74) is 8.70. The second-order valence-electron chi connectivity index (χ2n) is 3.73. The molecule has 14 heavy (non-hydrogen) atoms. The van der Waals surface area contributed by atoms with Gasteiger partial charge in [0.1, 0.15) is 0 Å². The van der Waals surface area contributed by atoms with E-state index in [-0.39, 0.29) is 6.03 Å². The van der Waals surface area contributed by atoms with E-state index >= 15 is 0 Å². The Kier molecular flexibility index (Phi) is 2.15. The highest BCUT2D eigenvalue weighted by molar-refractivity contribution is 5.92. The Labute approximate surface area is 83.5 Å². The van der Waals surface area contributed by atoms with Crippen molar-refractivity contribution in [3.05, 3.63) is 29.3 Å². The van der Waals surface area contributed by atoms with Crippen molar-refractivity contribution in [1.82, 2.24) is 0 Å². The molecule has 1 aromatic rings. The maximum Gasteiger partial charge on any atom is 0.319 e. The minimum atomic E-state index is -0.350. The van der Waals surface area contributed by atoms with Crippen molar-refractivity contribution in [2.75, 3.05) is 11.4 Å². The van der Waals surface area contributed by atoms with Crippen LogP contribution in [0.2, 0.25) is 0 Å². The summed E-state index contributed by atoms with van der Waals surface area (Å²) in [5.74, 6) is 0. The Morgan fingerprint density at radius 1 is 1.50 bits per heavy atom. The predicted molar refractivity (Wildman–Crippen MR) is 56.4 cm³/mol. The number of aryl methyl sites for hydroxylation is 2. The van der Waals surface area contributed by atoms with Crippen LogP contribution >= 0.6 is 0 Å². The lowest BCUT2D eigenvalue weighted by molar-refractivity contribution is 0.253. The van der Waals surface area contributed by atoms with Gasteiger partial charge in [-0.2, -0.15) is 0 Å². The molecule has 0 bridgehead atoms. The SMILES string of the molecule is Cc1ccc2c(c1)N(C(N)=O)CCC2. The van der Waals surface area contributed by atoms with Gasteiger partial charge in [-0.15, -0.1) is 0 Å². The highest BCUT2D eigenvalue weighted by atomic mass is 16.2. The molecule has 0 aliphatic carbocycles.